The Morgan fingerprint density at radius 2 is 2.24 bits per heavy atom. The Hall–Kier alpha value is -1.55. The quantitative estimate of drug-likeness (QED) is 0.795. The number of hydrogen-bond donors (Lipinski definition) is 2. The van der Waals surface area contributed by atoms with E-state index >= 15 is 0 Å². The van der Waals surface area contributed by atoms with Crippen molar-refractivity contribution in [2.45, 2.75) is 32.2 Å². The molecule has 0 heterocycles. The van der Waals surface area contributed by atoms with E-state index in [4.69, 9.17) is 15.6 Å². The van der Waals surface area contributed by atoms with Crippen molar-refractivity contribution in [3.8, 4) is 5.75 Å². The molecular formula is C13H19NO3. The zero-order chi connectivity index (χ0) is 12.8. The molecule has 0 aliphatic rings. The lowest BCUT2D eigenvalue weighted by molar-refractivity contribution is -0.137. The minimum atomic E-state index is -0.815. The molecule has 1 aromatic rings. The van der Waals surface area contributed by atoms with Crippen LogP contribution in [0.1, 0.15) is 36.9 Å². The predicted octanol–water partition coefficient (Wildman–Crippen LogP) is 2.12. The van der Waals surface area contributed by atoms with Crippen LogP contribution in [0.2, 0.25) is 0 Å². The Balaban J connectivity index is 2.80. The van der Waals surface area contributed by atoms with Gasteiger partial charge in [0.05, 0.1) is 7.11 Å². The molecule has 3 N–H and O–H groups in total. The molecule has 0 radical (unpaired) electrons. The Labute approximate surface area is 101 Å². The molecule has 4 nitrogen and oxygen atoms in total. The van der Waals surface area contributed by atoms with Crippen LogP contribution in [-0.4, -0.2) is 18.2 Å². The van der Waals surface area contributed by atoms with E-state index in [9.17, 15) is 4.79 Å². The van der Waals surface area contributed by atoms with Gasteiger partial charge in [-0.3, -0.25) is 4.79 Å². The van der Waals surface area contributed by atoms with Crippen LogP contribution in [0.25, 0.3) is 0 Å². The van der Waals surface area contributed by atoms with E-state index in [1.807, 2.05) is 25.1 Å². The lowest BCUT2D eigenvalue weighted by atomic mass is 9.99. The van der Waals surface area contributed by atoms with Crippen molar-refractivity contribution < 1.29 is 14.6 Å². The fraction of sp³-hybridized carbons (Fsp3) is 0.462. The highest BCUT2D eigenvalue weighted by Gasteiger charge is 2.10. The van der Waals surface area contributed by atoms with Crippen molar-refractivity contribution >= 4 is 5.97 Å². The van der Waals surface area contributed by atoms with Crippen LogP contribution in [-0.2, 0) is 11.2 Å². The summed E-state index contributed by atoms with van der Waals surface area (Å²) in [6.07, 6.45) is 1.40. The lowest BCUT2D eigenvalue weighted by Crippen LogP contribution is -2.12. The topological polar surface area (TPSA) is 72.6 Å². The van der Waals surface area contributed by atoms with Crippen molar-refractivity contribution in [1.29, 1.82) is 0 Å². The summed E-state index contributed by atoms with van der Waals surface area (Å²) in [7, 11) is 1.64. The summed E-state index contributed by atoms with van der Waals surface area (Å²) in [5, 5.41) is 8.62. The van der Waals surface area contributed by atoms with Crippen molar-refractivity contribution in [1.82, 2.24) is 0 Å². The Morgan fingerprint density at radius 3 is 2.76 bits per heavy atom. The standard InChI is InChI=1S/C13H19NO3/c1-3-9-8-10(4-6-12(9)17-2)11(14)5-7-13(15)16/h4,6,8,11H,3,5,7,14H2,1-2H3,(H,15,16). The van der Waals surface area contributed by atoms with Gasteiger partial charge in [0.25, 0.3) is 0 Å². The molecule has 94 valence electrons. The third-order valence-electron chi connectivity index (χ3n) is 2.78. The molecular weight excluding hydrogens is 218 g/mol. The number of benzene rings is 1. The van der Waals surface area contributed by atoms with Crippen LogP contribution < -0.4 is 10.5 Å². The van der Waals surface area contributed by atoms with E-state index in [0.717, 1.165) is 23.3 Å². The maximum absolute atomic E-state index is 10.5. The maximum atomic E-state index is 10.5. The molecule has 1 aromatic carbocycles. The highest BCUT2D eigenvalue weighted by atomic mass is 16.5. The first-order valence-electron chi connectivity index (χ1n) is 5.72. The van der Waals surface area contributed by atoms with Gasteiger partial charge in [-0.2, -0.15) is 0 Å². The van der Waals surface area contributed by atoms with Crippen LogP contribution >= 0.6 is 0 Å². The van der Waals surface area contributed by atoms with E-state index in [1.54, 1.807) is 7.11 Å². The van der Waals surface area contributed by atoms with Crippen molar-refractivity contribution in [3.63, 3.8) is 0 Å². The summed E-state index contributed by atoms with van der Waals surface area (Å²) in [5.41, 5.74) is 8.01. The average Bonchev–Trinajstić information content (AvgIpc) is 2.34. The van der Waals surface area contributed by atoms with Gasteiger partial charge in [-0.1, -0.05) is 19.1 Å². The van der Waals surface area contributed by atoms with Crippen molar-refractivity contribution in [3.05, 3.63) is 29.3 Å². The molecule has 17 heavy (non-hydrogen) atoms. The number of aliphatic carboxylic acids is 1. The first-order chi connectivity index (χ1) is 8.08. The zero-order valence-corrected chi connectivity index (χ0v) is 10.3. The number of carboxylic acids is 1. The van der Waals surface area contributed by atoms with Crippen molar-refractivity contribution in [2.75, 3.05) is 7.11 Å². The molecule has 0 bridgehead atoms. The maximum Gasteiger partial charge on any atom is 0.303 e. The summed E-state index contributed by atoms with van der Waals surface area (Å²) in [5.74, 6) is 0.0337. The predicted molar refractivity (Wildman–Crippen MR) is 66.2 cm³/mol. The summed E-state index contributed by atoms with van der Waals surface area (Å²) in [6, 6.07) is 5.53. The molecule has 0 aliphatic heterocycles. The van der Waals surface area contributed by atoms with Gasteiger partial charge < -0.3 is 15.6 Å². The highest BCUT2D eigenvalue weighted by Crippen LogP contribution is 2.24. The molecule has 0 spiro atoms. The molecule has 4 heteroatoms. The van der Waals surface area contributed by atoms with Gasteiger partial charge >= 0.3 is 5.97 Å². The van der Waals surface area contributed by atoms with Gasteiger partial charge in [-0.05, 0) is 30.0 Å². The Kier molecular flexibility index (Phi) is 4.97. The summed E-state index contributed by atoms with van der Waals surface area (Å²) in [4.78, 5) is 10.5. The summed E-state index contributed by atoms with van der Waals surface area (Å²) in [6.45, 7) is 2.05. The minimum absolute atomic E-state index is 0.0919. The third-order valence-corrected chi connectivity index (χ3v) is 2.78. The Bertz CT molecular complexity index is 390. The second kappa shape index (κ2) is 6.25. The van der Waals surface area contributed by atoms with E-state index in [1.165, 1.54) is 0 Å². The van der Waals surface area contributed by atoms with Gasteiger partial charge in [0.15, 0.2) is 0 Å². The van der Waals surface area contributed by atoms with Gasteiger partial charge in [0, 0.05) is 12.5 Å². The number of ether oxygens (including phenoxy) is 1. The van der Waals surface area contributed by atoms with Gasteiger partial charge in [-0.15, -0.1) is 0 Å². The van der Waals surface area contributed by atoms with Crippen molar-refractivity contribution in [2.24, 2.45) is 5.73 Å². The minimum Gasteiger partial charge on any atom is -0.496 e. The number of carbonyl (C=O) groups is 1. The number of hydrogen-bond acceptors (Lipinski definition) is 3. The lowest BCUT2D eigenvalue weighted by Gasteiger charge is -2.14. The average molecular weight is 237 g/mol. The molecule has 0 aromatic heterocycles. The summed E-state index contributed by atoms with van der Waals surface area (Å²) >= 11 is 0. The molecule has 0 aliphatic carbocycles. The van der Waals surface area contributed by atoms with Gasteiger partial charge in [-0.25, -0.2) is 0 Å². The fourth-order valence-corrected chi connectivity index (χ4v) is 1.75. The van der Waals surface area contributed by atoms with Crippen LogP contribution in [0.15, 0.2) is 18.2 Å². The van der Waals surface area contributed by atoms with E-state index < -0.39 is 5.97 Å². The number of carboxylic acid groups (broad SMARTS) is 1. The third kappa shape index (κ3) is 3.75. The molecule has 0 amide bonds. The first-order valence-corrected chi connectivity index (χ1v) is 5.72. The molecule has 1 atom stereocenters. The zero-order valence-electron chi connectivity index (χ0n) is 10.3. The van der Waals surface area contributed by atoms with E-state index in [0.29, 0.717) is 6.42 Å². The second-order valence-electron chi connectivity index (χ2n) is 3.96. The number of rotatable bonds is 6. The smallest absolute Gasteiger partial charge is 0.303 e. The normalized spacial score (nSPS) is 12.2. The highest BCUT2D eigenvalue weighted by molar-refractivity contribution is 5.66. The summed E-state index contributed by atoms with van der Waals surface area (Å²) < 4.78 is 5.23. The largest absolute Gasteiger partial charge is 0.496 e. The van der Waals surface area contributed by atoms with Crippen LogP contribution in [0, 0.1) is 0 Å². The van der Waals surface area contributed by atoms with E-state index in [-0.39, 0.29) is 12.5 Å². The Morgan fingerprint density at radius 1 is 1.53 bits per heavy atom. The monoisotopic (exact) mass is 237 g/mol. The number of methoxy groups -OCH3 is 1. The van der Waals surface area contributed by atoms with E-state index in [2.05, 4.69) is 0 Å². The fourth-order valence-electron chi connectivity index (χ4n) is 1.75. The van der Waals surface area contributed by atoms with Gasteiger partial charge in [0.2, 0.25) is 0 Å². The number of nitrogens with two attached hydrogens (primary N) is 1. The molecule has 1 rings (SSSR count). The molecule has 1 unspecified atom stereocenters. The second-order valence-corrected chi connectivity index (χ2v) is 3.96. The molecule has 0 fully saturated rings. The molecule has 0 saturated heterocycles. The SMILES string of the molecule is CCc1cc(C(N)CCC(=O)O)ccc1OC. The van der Waals surface area contributed by atoms with Gasteiger partial charge in [0.1, 0.15) is 5.75 Å². The van der Waals surface area contributed by atoms with Crippen LogP contribution in [0.3, 0.4) is 0 Å². The first kappa shape index (κ1) is 13.5. The van der Waals surface area contributed by atoms with Crippen LogP contribution in [0.5, 0.6) is 5.75 Å². The van der Waals surface area contributed by atoms with Crippen LogP contribution in [0.4, 0.5) is 0 Å². The number of aryl methyl sites for hydroxylation is 1. The molecule has 0 saturated carbocycles.